The average Bonchev–Trinajstić information content (AvgIpc) is 2.34. The predicted octanol–water partition coefficient (Wildman–Crippen LogP) is 1.80. The second-order valence-corrected chi connectivity index (χ2v) is 4.86. The predicted molar refractivity (Wildman–Crippen MR) is 62.3 cm³/mol. The highest BCUT2D eigenvalue weighted by molar-refractivity contribution is 4.84. The summed E-state index contributed by atoms with van der Waals surface area (Å²) >= 11 is 0. The van der Waals surface area contributed by atoms with Crippen LogP contribution in [0.4, 0.5) is 8.78 Å². The van der Waals surface area contributed by atoms with Gasteiger partial charge in [0, 0.05) is 25.1 Å². The number of hydrogen-bond acceptors (Lipinski definition) is 3. The maximum absolute atomic E-state index is 11.8. The Morgan fingerprint density at radius 2 is 1.94 bits per heavy atom. The second kappa shape index (κ2) is 7.95. The first-order valence-corrected chi connectivity index (χ1v) is 6.36. The third kappa shape index (κ3) is 5.75. The third-order valence-corrected chi connectivity index (χ3v) is 3.42. The highest BCUT2D eigenvalue weighted by Crippen LogP contribution is 2.35. The normalized spacial score (nSPS) is 19.8. The standard InChI is InChI=1S/C12H23F2NO2/c13-11(14)8-17-7-6-15-9-12(10-16)4-2-1-3-5-12/h11,15-16H,1-10H2. The van der Waals surface area contributed by atoms with Crippen molar-refractivity contribution in [2.45, 2.75) is 38.5 Å². The molecular formula is C12H23F2NO2. The van der Waals surface area contributed by atoms with Gasteiger partial charge in [-0.05, 0) is 12.8 Å². The van der Waals surface area contributed by atoms with E-state index in [-0.39, 0.29) is 12.0 Å². The minimum atomic E-state index is -2.39. The molecule has 0 spiro atoms. The van der Waals surface area contributed by atoms with Gasteiger partial charge in [0.1, 0.15) is 6.61 Å². The average molecular weight is 251 g/mol. The van der Waals surface area contributed by atoms with Gasteiger partial charge in [0.05, 0.1) is 6.61 Å². The van der Waals surface area contributed by atoms with Gasteiger partial charge in [-0.25, -0.2) is 8.78 Å². The van der Waals surface area contributed by atoms with Crippen molar-refractivity contribution in [2.75, 3.05) is 32.9 Å². The zero-order valence-corrected chi connectivity index (χ0v) is 10.3. The van der Waals surface area contributed by atoms with Gasteiger partial charge in [0.25, 0.3) is 6.43 Å². The molecule has 0 bridgehead atoms. The molecule has 1 saturated carbocycles. The molecule has 1 rings (SSSR count). The fourth-order valence-corrected chi connectivity index (χ4v) is 2.36. The summed E-state index contributed by atoms with van der Waals surface area (Å²) in [6.45, 7) is 1.33. The number of aliphatic hydroxyl groups excluding tert-OH is 1. The van der Waals surface area contributed by atoms with Gasteiger partial charge in [0.2, 0.25) is 0 Å². The molecule has 0 radical (unpaired) electrons. The van der Waals surface area contributed by atoms with Crippen molar-refractivity contribution >= 4 is 0 Å². The van der Waals surface area contributed by atoms with E-state index in [2.05, 4.69) is 5.32 Å². The molecule has 0 aromatic rings. The maximum atomic E-state index is 11.8. The molecule has 5 heteroatoms. The van der Waals surface area contributed by atoms with Gasteiger partial charge < -0.3 is 15.2 Å². The van der Waals surface area contributed by atoms with Crippen molar-refractivity contribution in [3.05, 3.63) is 0 Å². The first kappa shape index (κ1) is 14.8. The first-order valence-electron chi connectivity index (χ1n) is 6.36. The fourth-order valence-electron chi connectivity index (χ4n) is 2.36. The smallest absolute Gasteiger partial charge is 0.261 e. The van der Waals surface area contributed by atoms with E-state index in [0.29, 0.717) is 13.2 Å². The number of rotatable bonds is 8. The number of aliphatic hydroxyl groups is 1. The van der Waals surface area contributed by atoms with Crippen molar-refractivity contribution in [3.8, 4) is 0 Å². The van der Waals surface area contributed by atoms with E-state index in [0.717, 1.165) is 19.4 Å². The van der Waals surface area contributed by atoms with Gasteiger partial charge >= 0.3 is 0 Å². The minimum absolute atomic E-state index is 0.000957. The van der Waals surface area contributed by atoms with E-state index in [1.54, 1.807) is 0 Å². The van der Waals surface area contributed by atoms with Crippen LogP contribution in [0.2, 0.25) is 0 Å². The molecule has 102 valence electrons. The highest BCUT2D eigenvalue weighted by atomic mass is 19.3. The molecule has 0 heterocycles. The SMILES string of the molecule is OCC1(CNCCOCC(F)F)CCCCC1. The van der Waals surface area contributed by atoms with Crippen LogP contribution in [0.3, 0.4) is 0 Å². The summed E-state index contributed by atoms with van der Waals surface area (Å²) < 4.78 is 28.3. The molecule has 1 fully saturated rings. The molecule has 0 aromatic carbocycles. The van der Waals surface area contributed by atoms with E-state index in [4.69, 9.17) is 4.74 Å². The van der Waals surface area contributed by atoms with Crippen LogP contribution in [-0.2, 0) is 4.74 Å². The fraction of sp³-hybridized carbons (Fsp3) is 1.00. The second-order valence-electron chi connectivity index (χ2n) is 4.86. The van der Waals surface area contributed by atoms with Crippen LogP contribution in [0.5, 0.6) is 0 Å². The van der Waals surface area contributed by atoms with Crippen LogP contribution in [0.25, 0.3) is 0 Å². The Hall–Kier alpha value is -0.260. The van der Waals surface area contributed by atoms with Gasteiger partial charge in [-0.3, -0.25) is 0 Å². The lowest BCUT2D eigenvalue weighted by Gasteiger charge is -2.35. The monoisotopic (exact) mass is 251 g/mol. The zero-order valence-electron chi connectivity index (χ0n) is 10.3. The topological polar surface area (TPSA) is 41.5 Å². The van der Waals surface area contributed by atoms with E-state index in [1.165, 1.54) is 19.3 Å². The van der Waals surface area contributed by atoms with E-state index < -0.39 is 13.0 Å². The quantitative estimate of drug-likeness (QED) is 0.646. The minimum Gasteiger partial charge on any atom is -0.396 e. The summed E-state index contributed by atoms with van der Waals surface area (Å²) in [4.78, 5) is 0. The lowest BCUT2D eigenvalue weighted by Crippen LogP contribution is -2.40. The van der Waals surface area contributed by atoms with Gasteiger partial charge in [0.15, 0.2) is 0 Å². The molecule has 0 aromatic heterocycles. The summed E-state index contributed by atoms with van der Waals surface area (Å²) in [6.07, 6.45) is 3.30. The lowest BCUT2D eigenvalue weighted by atomic mass is 9.74. The summed E-state index contributed by atoms with van der Waals surface area (Å²) in [6, 6.07) is 0. The Kier molecular flexibility index (Phi) is 6.92. The largest absolute Gasteiger partial charge is 0.396 e. The molecular weight excluding hydrogens is 228 g/mol. The van der Waals surface area contributed by atoms with Crippen molar-refractivity contribution in [2.24, 2.45) is 5.41 Å². The molecule has 2 N–H and O–H groups in total. The number of hydrogen-bond donors (Lipinski definition) is 2. The molecule has 3 nitrogen and oxygen atoms in total. The van der Waals surface area contributed by atoms with Gasteiger partial charge in [-0.2, -0.15) is 0 Å². The van der Waals surface area contributed by atoms with Crippen LogP contribution in [0.15, 0.2) is 0 Å². The number of alkyl halides is 2. The molecule has 1 aliphatic carbocycles. The molecule has 0 unspecified atom stereocenters. The van der Waals surface area contributed by atoms with Crippen molar-refractivity contribution in [1.82, 2.24) is 5.32 Å². The van der Waals surface area contributed by atoms with Crippen molar-refractivity contribution in [3.63, 3.8) is 0 Å². The Bertz CT molecular complexity index is 197. The van der Waals surface area contributed by atoms with E-state index in [9.17, 15) is 13.9 Å². The van der Waals surface area contributed by atoms with Crippen LogP contribution < -0.4 is 5.32 Å². The summed E-state index contributed by atoms with van der Waals surface area (Å²) in [5.41, 5.74) is 0.000957. The van der Waals surface area contributed by atoms with Gasteiger partial charge in [-0.15, -0.1) is 0 Å². The van der Waals surface area contributed by atoms with Crippen LogP contribution in [-0.4, -0.2) is 44.4 Å². The zero-order chi connectivity index (χ0) is 12.6. The Morgan fingerprint density at radius 3 is 2.53 bits per heavy atom. The maximum Gasteiger partial charge on any atom is 0.261 e. The molecule has 0 atom stereocenters. The number of halogens is 2. The lowest BCUT2D eigenvalue weighted by molar-refractivity contribution is 0.0167. The molecule has 1 aliphatic rings. The van der Waals surface area contributed by atoms with Crippen LogP contribution in [0, 0.1) is 5.41 Å². The summed E-state index contributed by atoms with van der Waals surface area (Å²) in [5, 5.41) is 12.6. The Balaban J connectivity index is 2.07. The van der Waals surface area contributed by atoms with Crippen LogP contribution >= 0.6 is 0 Å². The van der Waals surface area contributed by atoms with Crippen LogP contribution in [0.1, 0.15) is 32.1 Å². The van der Waals surface area contributed by atoms with E-state index >= 15 is 0 Å². The number of ether oxygens (including phenoxy) is 1. The van der Waals surface area contributed by atoms with Gasteiger partial charge in [-0.1, -0.05) is 19.3 Å². The number of nitrogens with one attached hydrogen (secondary N) is 1. The van der Waals surface area contributed by atoms with Crippen molar-refractivity contribution < 1.29 is 18.6 Å². The third-order valence-electron chi connectivity index (χ3n) is 3.42. The summed E-state index contributed by atoms with van der Waals surface area (Å²) in [5.74, 6) is 0. The molecule has 17 heavy (non-hydrogen) atoms. The molecule has 0 amide bonds. The molecule has 0 saturated heterocycles. The Labute approximate surface area is 102 Å². The van der Waals surface area contributed by atoms with Crippen molar-refractivity contribution in [1.29, 1.82) is 0 Å². The highest BCUT2D eigenvalue weighted by Gasteiger charge is 2.30. The van der Waals surface area contributed by atoms with E-state index in [1.807, 2.05) is 0 Å². The summed E-state index contributed by atoms with van der Waals surface area (Å²) in [7, 11) is 0. The molecule has 0 aliphatic heterocycles. The first-order chi connectivity index (χ1) is 8.18. The Morgan fingerprint density at radius 1 is 1.24 bits per heavy atom.